The van der Waals surface area contributed by atoms with Gasteiger partial charge in [-0.2, -0.15) is 5.26 Å². The lowest BCUT2D eigenvalue weighted by Gasteiger charge is -2.30. The minimum atomic E-state index is -0.805. The van der Waals surface area contributed by atoms with Crippen LogP contribution >= 0.6 is 0 Å². The van der Waals surface area contributed by atoms with Gasteiger partial charge in [0.25, 0.3) is 0 Å². The second-order valence-electron chi connectivity index (χ2n) is 4.74. The molecule has 1 saturated carbocycles. The Morgan fingerprint density at radius 2 is 2.12 bits per heavy atom. The maximum Gasteiger partial charge on any atom is 0.240 e. The standard InChI is InChI=1S/C14H20N2O/c1-3-8-12(4-2)16-13(17)14(11-15)9-6-5-7-10-14/h1,12H,4-10H2,2H3,(H,16,17). The van der Waals surface area contributed by atoms with Crippen LogP contribution in [0.5, 0.6) is 0 Å². The van der Waals surface area contributed by atoms with Crippen LogP contribution in [0.3, 0.4) is 0 Å². The molecule has 0 aliphatic heterocycles. The summed E-state index contributed by atoms with van der Waals surface area (Å²) in [7, 11) is 0. The fourth-order valence-corrected chi connectivity index (χ4v) is 2.31. The molecule has 92 valence electrons. The van der Waals surface area contributed by atoms with Crippen LogP contribution in [-0.2, 0) is 4.79 Å². The average Bonchev–Trinajstić information content (AvgIpc) is 2.38. The second-order valence-corrected chi connectivity index (χ2v) is 4.74. The molecule has 0 aromatic heterocycles. The van der Waals surface area contributed by atoms with E-state index in [0.717, 1.165) is 25.7 Å². The molecule has 0 radical (unpaired) electrons. The van der Waals surface area contributed by atoms with Gasteiger partial charge in [-0.25, -0.2) is 0 Å². The summed E-state index contributed by atoms with van der Waals surface area (Å²) in [4.78, 5) is 12.2. The lowest BCUT2D eigenvalue weighted by atomic mass is 9.74. The fraction of sp³-hybridized carbons (Fsp3) is 0.714. The topological polar surface area (TPSA) is 52.9 Å². The Labute approximate surface area is 104 Å². The van der Waals surface area contributed by atoms with Gasteiger partial charge >= 0.3 is 0 Å². The predicted molar refractivity (Wildman–Crippen MR) is 66.8 cm³/mol. The molecule has 1 unspecified atom stereocenters. The van der Waals surface area contributed by atoms with Gasteiger partial charge in [-0.3, -0.25) is 4.79 Å². The van der Waals surface area contributed by atoms with Gasteiger partial charge in [0.1, 0.15) is 5.41 Å². The van der Waals surface area contributed by atoms with E-state index in [1.807, 2.05) is 6.92 Å². The molecule has 0 bridgehead atoms. The number of amides is 1. The van der Waals surface area contributed by atoms with E-state index in [2.05, 4.69) is 17.3 Å². The summed E-state index contributed by atoms with van der Waals surface area (Å²) in [5.41, 5.74) is -0.805. The molecule has 1 rings (SSSR count). The molecule has 1 N–H and O–H groups in total. The van der Waals surface area contributed by atoms with Gasteiger partial charge in [-0.05, 0) is 19.3 Å². The van der Waals surface area contributed by atoms with Crippen LogP contribution in [0.4, 0.5) is 0 Å². The summed E-state index contributed by atoms with van der Waals surface area (Å²) in [5, 5.41) is 12.2. The minimum Gasteiger partial charge on any atom is -0.351 e. The molecule has 0 saturated heterocycles. The van der Waals surface area contributed by atoms with Gasteiger partial charge in [0.2, 0.25) is 5.91 Å². The number of rotatable bonds is 4. The summed E-state index contributed by atoms with van der Waals surface area (Å²) in [6, 6.07) is 2.22. The third-order valence-corrected chi connectivity index (χ3v) is 3.55. The molecule has 0 aromatic rings. The monoisotopic (exact) mass is 232 g/mol. The van der Waals surface area contributed by atoms with Crippen LogP contribution in [0.1, 0.15) is 51.9 Å². The third-order valence-electron chi connectivity index (χ3n) is 3.55. The molecule has 1 atom stereocenters. The molecule has 1 aliphatic carbocycles. The lowest BCUT2D eigenvalue weighted by Crippen LogP contribution is -2.45. The molecular weight excluding hydrogens is 212 g/mol. The third kappa shape index (κ3) is 3.24. The first-order chi connectivity index (χ1) is 8.18. The Morgan fingerprint density at radius 3 is 2.59 bits per heavy atom. The van der Waals surface area contributed by atoms with E-state index in [-0.39, 0.29) is 11.9 Å². The number of terminal acetylenes is 1. The van der Waals surface area contributed by atoms with Crippen molar-refractivity contribution in [2.24, 2.45) is 5.41 Å². The second kappa shape index (κ2) is 6.30. The number of carbonyl (C=O) groups excluding carboxylic acids is 1. The number of nitrogens with zero attached hydrogens (tertiary/aromatic N) is 1. The molecule has 3 heteroatoms. The molecule has 0 aromatic carbocycles. The molecular formula is C14H20N2O. The smallest absolute Gasteiger partial charge is 0.240 e. The van der Waals surface area contributed by atoms with Gasteiger partial charge < -0.3 is 5.32 Å². The lowest BCUT2D eigenvalue weighted by molar-refractivity contribution is -0.130. The van der Waals surface area contributed by atoms with Crippen molar-refractivity contribution in [1.82, 2.24) is 5.32 Å². The van der Waals surface area contributed by atoms with Crippen molar-refractivity contribution in [3.63, 3.8) is 0 Å². The maximum atomic E-state index is 12.2. The average molecular weight is 232 g/mol. The van der Waals surface area contributed by atoms with Crippen LogP contribution in [-0.4, -0.2) is 11.9 Å². The highest BCUT2D eigenvalue weighted by Gasteiger charge is 2.40. The summed E-state index contributed by atoms with van der Waals surface area (Å²) in [6.45, 7) is 1.99. The zero-order valence-electron chi connectivity index (χ0n) is 10.5. The van der Waals surface area contributed by atoms with Crippen LogP contribution in [0.25, 0.3) is 0 Å². The van der Waals surface area contributed by atoms with E-state index in [9.17, 15) is 10.1 Å². The van der Waals surface area contributed by atoms with Gasteiger partial charge in [-0.15, -0.1) is 12.3 Å². The Morgan fingerprint density at radius 1 is 1.47 bits per heavy atom. The molecule has 0 heterocycles. The molecule has 1 aliphatic rings. The number of hydrogen-bond acceptors (Lipinski definition) is 2. The van der Waals surface area contributed by atoms with E-state index < -0.39 is 5.41 Å². The fourth-order valence-electron chi connectivity index (χ4n) is 2.31. The van der Waals surface area contributed by atoms with E-state index >= 15 is 0 Å². The van der Waals surface area contributed by atoms with Crippen LogP contribution in [0.2, 0.25) is 0 Å². The van der Waals surface area contributed by atoms with Crippen molar-refractivity contribution in [2.75, 3.05) is 0 Å². The molecule has 1 fully saturated rings. The van der Waals surface area contributed by atoms with E-state index in [4.69, 9.17) is 6.42 Å². The Kier molecular flexibility index (Phi) is 5.04. The van der Waals surface area contributed by atoms with Crippen molar-refractivity contribution in [3.8, 4) is 18.4 Å². The van der Waals surface area contributed by atoms with E-state index in [0.29, 0.717) is 19.3 Å². The van der Waals surface area contributed by atoms with E-state index in [1.165, 1.54) is 0 Å². The SMILES string of the molecule is C#CCC(CC)NC(=O)C1(C#N)CCCCC1. The predicted octanol–water partition coefficient (Wildman–Crippen LogP) is 2.38. The molecule has 17 heavy (non-hydrogen) atoms. The minimum absolute atomic E-state index is 0.000323. The number of nitriles is 1. The maximum absolute atomic E-state index is 12.2. The summed E-state index contributed by atoms with van der Waals surface area (Å²) >= 11 is 0. The first kappa shape index (κ1) is 13.6. The van der Waals surface area contributed by atoms with Crippen molar-refractivity contribution in [1.29, 1.82) is 5.26 Å². The normalized spacial score (nSPS) is 19.7. The molecule has 0 spiro atoms. The van der Waals surface area contributed by atoms with E-state index in [1.54, 1.807) is 0 Å². The largest absolute Gasteiger partial charge is 0.351 e. The first-order valence-corrected chi connectivity index (χ1v) is 6.34. The number of carbonyl (C=O) groups is 1. The van der Waals surface area contributed by atoms with Crippen molar-refractivity contribution < 1.29 is 4.79 Å². The summed E-state index contributed by atoms with van der Waals surface area (Å²) < 4.78 is 0. The van der Waals surface area contributed by atoms with Crippen molar-refractivity contribution in [2.45, 2.75) is 57.9 Å². The van der Waals surface area contributed by atoms with Crippen LogP contribution in [0, 0.1) is 29.1 Å². The van der Waals surface area contributed by atoms with Crippen molar-refractivity contribution in [3.05, 3.63) is 0 Å². The Hall–Kier alpha value is -1.48. The number of nitrogens with one attached hydrogen (secondary N) is 1. The van der Waals surface area contributed by atoms with Gasteiger partial charge in [0.05, 0.1) is 6.07 Å². The summed E-state index contributed by atoms with van der Waals surface area (Å²) in [6.07, 6.45) is 11.0. The highest BCUT2D eigenvalue weighted by Crippen LogP contribution is 2.36. The quantitative estimate of drug-likeness (QED) is 0.757. The first-order valence-electron chi connectivity index (χ1n) is 6.34. The Balaban J connectivity index is 2.67. The highest BCUT2D eigenvalue weighted by molar-refractivity contribution is 5.85. The van der Waals surface area contributed by atoms with Crippen molar-refractivity contribution >= 4 is 5.91 Å². The molecule has 3 nitrogen and oxygen atoms in total. The molecule has 1 amide bonds. The van der Waals surface area contributed by atoms with Crippen LogP contribution < -0.4 is 5.32 Å². The van der Waals surface area contributed by atoms with Gasteiger partial charge in [0, 0.05) is 12.5 Å². The summed E-state index contributed by atoms with van der Waals surface area (Å²) in [5.74, 6) is 2.44. The zero-order valence-corrected chi connectivity index (χ0v) is 10.5. The number of hydrogen-bond donors (Lipinski definition) is 1. The van der Waals surface area contributed by atoms with Gasteiger partial charge in [-0.1, -0.05) is 26.2 Å². The van der Waals surface area contributed by atoms with Gasteiger partial charge in [0.15, 0.2) is 0 Å². The van der Waals surface area contributed by atoms with Crippen LogP contribution in [0.15, 0.2) is 0 Å². The zero-order chi connectivity index (χ0) is 12.7. The Bertz CT molecular complexity index is 342. The highest BCUT2D eigenvalue weighted by atomic mass is 16.2.